The lowest BCUT2D eigenvalue weighted by atomic mass is 9.57. The Balaban J connectivity index is 1.69. The van der Waals surface area contributed by atoms with E-state index >= 15 is 0 Å². The Morgan fingerprint density at radius 2 is 1.94 bits per heavy atom. The maximum absolute atomic E-state index is 14.0. The number of esters is 1. The van der Waals surface area contributed by atoms with Crippen molar-refractivity contribution in [3.8, 4) is 0 Å². The number of nitrogens with zero attached hydrogens (tertiary/aromatic N) is 2. The highest BCUT2D eigenvalue weighted by Gasteiger charge is 2.72. The van der Waals surface area contributed by atoms with Crippen molar-refractivity contribution >= 4 is 18.0 Å². The second-order valence-corrected chi connectivity index (χ2v) is 10.2. The van der Waals surface area contributed by atoms with Crippen LogP contribution in [-0.2, 0) is 20.9 Å². The first-order chi connectivity index (χ1) is 15.8. The molecule has 1 saturated carbocycles. The molecule has 0 spiro atoms. The van der Waals surface area contributed by atoms with Crippen molar-refractivity contribution in [3.05, 3.63) is 35.9 Å². The molecule has 8 nitrogen and oxygen atoms in total. The number of nitrogens with one attached hydrogen (secondary N) is 1. The van der Waals surface area contributed by atoms with Gasteiger partial charge in [-0.05, 0) is 36.2 Å². The van der Waals surface area contributed by atoms with Crippen LogP contribution < -0.4 is 5.32 Å². The third-order valence-electron chi connectivity index (χ3n) is 7.78. The van der Waals surface area contributed by atoms with Crippen LogP contribution >= 0.6 is 0 Å². The number of piperidine rings is 2. The van der Waals surface area contributed by atoms with Crippen molar-refractivity contribution in [2.75, 3.05) is 26.7 Å². The Morgan fingerprint density at radius 3 is 2.58 bits per heavy atom. The molecule has 1 aromatic carbocycles. The third kappa shape index (κ3) is 4.09. The Bertz CT molecular complexity index is 891. The first-order valence-electron chi connectivity index (χ1n) is 11.9. The topological polar surface area (TPSA) is 99.2 Å². The van der Waals surface area contributed by atoms with Gasteiger partial charge in [-0.3, -0.25) is 19.4 Å². The zero-order valence-electron chi connectivity index (χ0n) is 19.7. The van der Waals surface area contributed by atoms with E-state index < -0.39 is 11.6 Å². The normalized spacial score (nSPS) is 30.5. The Kier molecular flexibility index (Phi) is 6.66. The minimum Gasteiger partial charge on any atom is -0.469 e. The molecule has 8 heteroatoms. The number of amides is 2. The van der Waals surface area contributed by atoms with Crippen molar-refractivity contribution in [1.82, 2.24) is 15.1 Å². The predicted molar refractivity (Wildman–Crippen MR) is 122 cm³/mol. The Labute approximate surface area is 195 Å². The number of carboxylic acid groups (broad SMARTS) is 1. The summed E-state index contributed by atoms with van der Waals surface area (Å²) >= 11 is 0. The fourth-order valence-corrected chi connectivity index (χ4v) is 6.72. The van der Waals surface area contributed by atoms with Crippen LogP contribution in [0.25, 0.3) is 0 Å². The molecule has 4 bridgehead atoms. The molecule has 2 N–H and O–H groups in total. The molecule has 1 aliphatic carbocycles. The number of benzene rings is 1. The van der Waals surface area contributed by atoms with Crippen LogP contribution in [0.1, 0.15) is 38.7 Å². The predicted octanol–water partition coefficient (Wildman–Crippen LogP) is 2.58. The van der Waals surface area contributed by atoms with Crippen molar-refractivity contribution in [3.63, 3.8) is 0 Å². The largest absolute Gasteiger partial charge is 0.469 e. The number of fused-ring (bicyclic) bond motifs is 1. The zero-order valence-corrected chi connectivity index (χ0v) is 19.7. The van der Waals surface area contributed by atoms with Crippen LogP contribution in [0.3, 0.4) is 0 Å². The van der Waals surface area contributed by atoms with Gasteiger partial charge in [-0.1, -0.05) is 44.2 Å². The zero-order chi connectivity index (χ0) is 23.8. The van der Waals surface area contributed by atoms with Crippen LogP contribution in [0.2, 0.25) is 0 Å². The molecule has 33 heavy (non-hydrogen) atoms. The first kappa shape index (κ1) is 23.5. The quantitative estimate of drug-likeness (QED) is 0.582. The summed E-state index contributed by atoms with van der Waals surface area (Å²) in [6.07, 6.45) is 0.648. The van der Waals surface area contributed by atoms with Gasteiger partial charge in [-0.2, -0.15) is 0 Å². The summed E-state index contributed by atoms with van der Waals surface area (Å²) in [5.41, 5.74) is -0.160. The molecule has 3 heterocycles. The van der Waals surface area contributed by atoms with Crippen molar-refractivity contribution in [2.45, 2.75) is 51.2 Å². The molecule has 0 unspecified atom stereocenters. The van der Waals surface area contributed by atoms with E-state index in [1.807, 2.05) is 30.3 Å². The number of methoxy groups -OCH3 is 1. The number of rotatable bonds is 8. The molecule has 3 saturated heterocycles. The summed E-state index contributed by atoms with van der Waals surface area (Å²) in [6.45, 7) is 6.47. The van der Waals surface area contributed by atoms with Crippen LogP contribution in [0.4, 0.5) is 4.79 Å². The number of hydrogen-bond acceptors (Lipinski definition) is 5. The average Bonchev–Trinajstić information content (AvgIpc) is 3.05. The summed E-state index contributed by atoms with van der Waals surface area (Å²) in [5.74, 6) is 0.0600. The van der Waals surface area contributed by atoms with E-state index in [1.165, 1.54) is 12.0 Å². The minimum atomic E-state index is -1.13. The lowest BCUT2D eigenvalue weighted by Gasteiger charge is -2.60. The molecule has 0 aromatic heterocycles. The Hall–Kier alpha value is -2.61. The van der Waals surface area contributed by atoms with Gasteiger partial charge in [0.25, 0.3) is 0 Å². The fraction of sp³-hybridized carbons (Fsp3) is 0.640. The number of carbonyl (C=O) groups is 3. The lowest BCUT2D eigenvalue weighted by Crippen LogP contribution is -2.77. The first-order valence-corrected chi connectivity index (χ1v) is 11.9. The number of carbonyl (C=O) groups excluding carboxylic acids is 2. The maximum Gasteiger partial charge on any atom is 0.408 e. The summed E-state index contributed by atoms with van der Waals surface area (Å²) in [6, 6.07) is 9.42. The van der Waals surface area contributed by atoms with E-state index in [0.29, 0.717) is 32.0 Å². The van der Waals surface area contributed by atoms with Crippen LogP contribution in [0.15, 0.2) is 30.3 Å². The van der Waals surface area contributed by atoms with Gasteiger partial charge in [0.2, 0.25) is 5.91 Å². The standard InChI is InChI=1S/C25H35N3O5/c1-16(2)13-27-15-19-11-18-14-28(24(31)32)25(19,22(27)20(18)9-10-21(29)33-3)23(30)26-12-17-7-5-4-6-8-17/h4-8,16,18-20,22H,9-15H2,1-3H3,(H,26,30)(H,31,32)/t18-,19+,20-,22+,25+/m1/s1. The average molecular weight is 458 g/mol. The highest BCUT2D eigenvalue weighted by Crippen LogP contribution is 2.57. The van der Waals surface area contributed by atoms with Gasteiger partial charge in [0.05, 0.1) is 7.11 Å². The molecule has 4 aliphatic rings. The summed E-state index contributed by atoms with van der Waals surface area (Å²) in [5, 5.41) is 13.3. The Morgan fingerprint density at radius 1 is 1.21 bits per heavy atom. The van der Waals surface area contributed by atoms with E-state index in [2.05, 4.69) is 24.1 Å². The van der Waals surface area contributed by atoms with Gasteiger partial charge in [0, 0.05) is 44.6 Å². The van der Waals surface area contributed by atoms with Gasteiger partial charge in [-0.15, -0.1) is 0 Å². The van der Waals surface area contributed by atoms with E-state index in [0.717, 1.165) is 18.5 Å². The summed E-state index contributed by atoms with van der Waals surface area (Å²) in [7, 11) is 1.39. The molecule has 3 aliphatic heterocycles. The second kappa shape index (κ2) is 9.33. The molecule has 5 rings (SSSR count). The minimum absolute atomic E-state index is 0.0544. The molecule has 4 fully saturated rings. The highest BCUT2D eigenvalue weighted by molar-refractivity contribution is 5.92. The van der Waals surface area contributed by atoms with E-state index in [4.69, 9.17) is 4.74 Å². The van der Waals surface area contributed by atoms with Crippen molar-refractivity contribution in [1.29, 1.82) is 0 Å². The van der Waals surface area contributed by atoms with Gasteiger partial charge >= 0.3 is 12.1 Å². The molecule has 2 amide bonds. The van der Waals surface area contributed by atoms with Gasteiger partial charge in [-0.25, -0.2) is 4.79 Å². The van der Waals surface area contributed by atoms with Crippen LogP contribution in [0, 0.1) is 23.7 Å². The van der Waals surface area contributed by atoms with E-state index in [9.17, 15) is 19.5 Å². The van der Waals surface area contributed by atoms with Gasteiger partial charge < -0.3 is 15.2 Å². The SMILES string of the molecule is COC(=O)CC[C@@H]1[C@@H]2C[C@H]3CN(CC(C)C)[C@@H]1[C@@]3(C(=O)NCc1ccccc1)N(C(=O)O)C2. The number of hydrogen-bond donors (Lipinski definition) is 2. The summed E-state index contributed by atoms with van der Waals surface area (Å²) < 4.78 is 4.88. The highest BCUT2D eigenvalue weighted by atomic mass is 16.5. The molecule has 180 valence electrons. The second-order valence-electron chi connectivity index (χ2n) is 10.2. The molecular weight excluding hydrogens is 422 g/mol. The number of likely N-dealkylation sites (tertiary alicyclic amines) is 1. The molecule has 5 atom stereocenters. The van der Waals surface area contributed by atoms with Crippen molar-refractivity contribution < 1.29 is 24.2 Å². The molecule has 0 radical (unpaired) electrons. The van der Waals surface area contributed by atoms with Crippen molar-refractivity contribution in [2.24, 2.45) is 23.7 Å². The maximum atomic E-state index is 14.0. The van der Waals surface area contributed by atoms with E-state index in [1.54, 1.807) is 0 Å². The smallest absolute Gasteiger partial charge is 0.408 e. The number of ether oxygens (including phenoxy) is 1. The van der Waals surface area contributed by atoms with Gasteiger partial charge in [0.1, 0.15) is 5.54 Å². The lowest BCUT2D eigenvalue weighted by molar-refractivity contribution is -0.156. The molecule has 1 aromatic rings. The van der Waals surface area contributed by atoms with Gasteiger partial charge in [0.15, 0.2) is 0 Å². The van der Waals surface area contributed by atoms with E-state index in [-0.39, 0.29) is 42.1 Å². The molecular formula is C25H35N3O5. The van der Waals surface area contributed by atoms with Crippen LogP contribution in [0.5, 0.6) is 0 Å². The monoisotopic (exact) mass is 457 g/mol. The third-order valence-corrected chi connectivity index (χ3v) is 7.78. The fourth-order valence-electron chi connectivity index (χ4n) is 6.72. The summed E-state index contributed by atoms with van der Waals surface area (Å²) in [4.78, 5) is 42.1. The van der Waals surface area contributed by atoms with Crippen LogP contribution in [-0.4, -0.2) is 71.2 Å².